The van der Waals surface area contributed by atoms with E-state index in [9.17, 15) is 0 Å². The molecule has 2 unspecified atom stereocenters. The summed E-state index contributed by atoms with van der Waals surface area (Å²) in [6.07, 6.45) is 1.83. The zero-order valence-electron chi connectivity index (χ0n) is 20.7. The highest BCUT2D eigenvalue weighted by molar-refractivity contribution is 6.08. The lowest BCUT2D eigenvalue weighted by atomic mass is 9.96. The number of hydrogen-bond acceptors (Lipinski definition) is 4. The van der Waals surface area contributed by atoms with Crippen molar-refractivity contribution in [1.82, 2.24) is 4.98 Å². The Morgan fingerprint density at radius 2 is 1.51 bits per heavy atom. The average Bonchev–Trinajstić information content (AvgIpc) is 3.40. The molecular weight excluding hydrogens is 430 g/mol. The van der Waals surface area contributed by atoms with Crippen LogP contribution in [-0.4, -0.2) is 17.1 Å². The second kappa shape index (κ2) is 8.46. The first-order valence-corrected chi connectivity index (χ1v) is 12.5. The summed E-state index contributed by atoms with van der Waals surface area (Å²) in [5, 5.41) is 2.18. The number of fused-ring (bicyclic) bond motifs is 3. The van der Waals surface area contributed by atoms with Crippen molar-refractivity contribution >= 4 is 33.4 Å². The molecule has 1 saturated heterocycles. The van der Waals surface area contributed by atoms with Crippen molar-refractivity contribution in [1.29, 1.82) is 0 Å². The first-order valence-electron chi connectivity index (χ1n) is 12.5. The first kappa shape index (κ1) is 21.7. The molecule has 5 aromatic rings. The minimum Gasteiger partial charge on any atom is -0.436 e. The van der Waals surface area contributed by atoms with E-state index in [1.807, 2.05) is 6.07 Å². The van der Waals surface area contributed by atoms with E-state index in [1.54, 1.807) is 6.20 Å². The Kier molecular flexibility index (Phi) is 5.25. The Morgan fingerprint density at radius 3 is 2.23 bits per heavy atom. The number of furan rings is 1. The zero-order chi connectivity index (χ0) is 24.1. The van der Waals surface area contributed by atoms with Gasteiger partial charge in [0.1, 0.15) is 6.17 Å². The molecule has 1 aliphatic rings. The molecule has 0 N–H and O–H groups in total. The molecule has 6 rings (SSSR count). The van der Waals surface area contributed by atoms with Gasteiger partial charge in [0.15, 0.2) is 5.58 Å². The van der Waals surface area contributed by atoms with Gasteiger partial charge in [-0.1, -0.05) is 74.5 Å². The molecule has 3 heterocycles. The van der Waals surface area contributed by atoms with Crippen molar-refractivity contribution in [2.75, 3.05) is 9.80 Å². The molecule has 0 radical (unpaired) electrons. The lowest BCUT2D eigenvalue weighted by Gasteiger charge is -2.36. The highest BCUT2D eigenvalue weighted by atomic mass is 16.3. The smallest absolute Gasteiger partial charge is 0.227 e. The number of nitrogens with zero attached hydrogens (tertiary/aromatic N) is 3. The number of rotatable bonds is 4. The molecule has 1 aliphatic heterocycles. The Hall–Kier alpha value is -3.79. The van der Waals surface area contributed by atoms with Crippen LogP contribution in [0.15, 0.2) is 95.5 Å². The fourth-order valence-corrected chi connectivity index (χ4v) is 6.06. The molecule has 176 valence electrons. The largest absolute Gasteiger partial charge is 0.436 e. The summed E-state index contributed by atoms with van der Waals surface area (Å²) in [6, 6.07) is 30.8. The third-order valence-corrected chi connectivity index (χ3v) is 7.47. The van der Waals surface area contributed by atoms with Crippen LogP contribution in [0, 0.1) is 12.8 Å². The standard InChI is InChI=1S/C31H31N3O/c1-20(2)27-22(4)33(28-21(3)17-18-25-26-16-11-19-32-30(26)35-29(25)28)31(23-12-7-5-8-13-23)34(27)24-14-9-6-10-15-24/h5-20,22,27,31H,1-4H3/t22-,27?,31?/m0/s1. The zero-order valence-corrected chi connectivity index (χ0v) is 20.7. The van der Waals surface area contributed by atoms with Crippen molar-refractivity contribution in [2.45, 2.75) is 45.9 Å². The van der Waals surface area contributed by atoms with Crippen molar-refractivity contribution in [3.63, 3.8) is 0 Å². The van der Waals surface area contributed by atoms with Crippen LogP contribution in [0.4, 0.5) is 11.4 Å². The number of pyridine rings is 1. The van der Waals surface area contributed by atoms with Gasteiger partial charge in [-0.25, -0.2) is 4.98 Å². The number of anilines is 2. The first-order chi connectivity index (χ1) is 17.1. The summed E-state index contributed by atoms with van der Waals surface area (Å²) in [6.45, 7) is 9.23. The van der Waals surface area contributed by atoms with Crippen LogP contribution in [0.2, 0.25) is 0 Å². The maximum Gasteiger partial charge on any atom is 0.227 e. The van der Waals surface area contributed by atoms with Gasteiger partial charge < -0.3 is 14.2 Å². The van der Waals surface area contributed by atoms with E-state index in [4.69, 9.17) is 4.42 Å². The van der Waals surface area contributed by atoms with Gasteiger partial charge in [-0.15, -0.1) is 0 Å². The molecule has 2 aromatic heterocycles. The van der Waals surface area contributed by atoms with Gasteiger partial charge in [-0.2, -0.15) is 0 Å². The van der Waals surface area contributed by atoms with E-state index in [2.05, 4.69) is 121 Å². The van der Waals surface area contributed by atoms with E-state index >= 15 is 0 Å². The quantitative estimate of drug-likeness (QED) is 0.274. The lowest BCUT2D eigenvalue weighted by molar-refractivity contribution is 0.455. The summed E-state index contributed by atoms with van der Waals surface area (Å²) < 4.78 is 6.47. The molecule has 0 saturated carbocycles. The summed E-state index contributed by atoms with van der Waals surface area (Å²) in [4.78, 5) is 9.73. The van der Waals surface area contributed by atoms with Crippen LogP contribution in [0.1, 0.15) is 38.1 Å². The topological polar surface area (TPSA) is 32.5 Å². The third-order valence-electron chi connectivity index (χ3n) is 7.47. The van der Waals surface area contributed by atoms with Crippen molar-refractivity contribution in [3.8, 4) is 0 Å². The van der Waals surface area contributed by atoms with Crippen molar-refractivity contribution in [3.05, 3.63) is 102 Å². The fourth-order valence-electron chi connectivity index (χ4n) is 6.06. The molecule has 0 amide bonds. The molecule has 4 nitrogen and oxygen atoms in total. The van der Waals surface area contributed by atoms with Crippen LogP contribution in [0.5, 0.6) is 0 Å². The predicted octanol–water partition coefficient (Wildman–Crippen LogP) is 7.73. The van der Waals surface area contributed by atoms with E-state index < -0.39 is 0 Å². The molecule has 0 aliphatic carbocycles. The highest BCUT2D eigenvalue weighted by Gasteiger charge is 2.48. The maximum atomic E-state index is 6.47. The monoisotopic (exact) mass is 461 g/mol. The molecule has 0 spiro atoms. The Balaban J connectivity index is 1.65. The maximum absolute atomic E-state index is 6.47. The van der Waals surface area contributed by atoms with Crippen molar-refractivity contribution < 1.29 is 4.42 Å². The molecule has 3 aromatic carbocycles. The fraction of sp³-hybridized carbons (Fsp3) is 0.258. The third kappa shape index (κ3) is 3.39. The van der Waals surface area contributed by atoms with Gasteiger partial charge >= 0.3 is 0 Å². The van der Waals surface area contributed by atoms with Crippen LogP contribution < -0.4 is 9.80 Å². The summed E-state index contributed by atoms with van der Waals surface area (Å²) in [5.41, 5.74) is 6.50. The lowest BCUT2D eigenvalue weighted by Crippen LogP contribution is -2.39. The van der Waals surface area contributed by atoms with Gasteiger partial charge in [0.25, 0.3) is 0 Å². The van der Waals surface area contributed by atoms with Gasteiger partial charge in [0.05, 0.1) is 11.7 Å². The summed E-state index contributed by atoms with van der Waals surface area (Å²) in [7, 11) is 0. The minimum absolute atomic E-state index is 0.0338. The second-order valence-electron chi connectivity index (χ2n) is 9.98. The van der Waals surface area contributed by atoms with Crippen LogP contribution >= 0.6 is 0 Å². The van der Waals surface area contributed by atoms with E-state index in [1.165, 1.54) is 16.8 Å². The van der Waals surface area contributed by atoms with Gasteiger partial charge in [-0.05, 0) is 55.2 Å². The predicted molar refractivity (Wildman–Crippen MR) is 145 cm³/mol. The number of para-hydroxylation sites is 1. The van der Waals surface area contributed by atoms with Crippen molar-refractivity contribution in [2.24, 2.45) is 5.92 Å². The summed E-state index contributed by atoms with van der Waals surface area (Å²) >= 11 is 0. The van der Waals surface area contributed by atoms with E-state index in [-0.39, 0.29) is 12.2 Å². The molecular formula is C31H31N3O. The molecule has 4 heteroatoms. The Morgan fingerprint density at radius 1 is 0.800 bits per heavy atom. The second-order valence-corrected chi connectivity index (χ2v) is 9.98. The number of aryl methyl sites for hydroxylation is 1. The van der Waals surface area contributed by atoms with E-state index in [0.29, 0.717) is 17.7 Å². The number of benzene rings is 3. The van der Waals surface area contributed by atoms with Gasteiger partial charge in [0, 0.05) is 28.7 Å². The normalized spacial score (nSPS) is 20.4. The molecule has 0 bridgehead atoms. The Labute approximate surface area is 206 Å². The van der Waals surface area contributed by atoms with Crippen LogP contribution in [0.25, 0.3) is 22.1 Å². The van der Waals surface area contributed by atoms with Gasteiger partial charge in [0.2, 0.25) is 5.71 Å². The molecule has 35 heavy (non-hydrogen) atoms. The summed E-state index contributed by atoms with van der Waals surface area (Å²) in [5.74, 6) is 0.457. The average molecular weight is 462 g/mol. The molecule has 1 fully saturated rings. The Bertz CT molecular complexity index is 1480. The van der Waals surface area contributed by atoms with Crippen LogP contribution in [-0.2, 0) is 0 Å². The van der Waals surface area contributed by atoms with Crippen LogP contribution in [0.3, 0.4) is 0 Å². The number of hydrogen-bond donors (Lipinski definition) is 0. The number of aromatic nitrogens is 1. The minimum atomic E-state index is 0.0338. The van der Waals surface area contributed by atoms with E-state index in [0.717, 1.165) is 22.0 Å². The highest BCUT2D eigenvalue weighted by Crippen LogP contribution is 2.49. The van der Waals surface area contributed by atoms with Gasteiger partial charge in [-0.3, -0.25) is 0 Å². The SMILES string of the molecule is Cc1ccc2c(oc3ncccc32)c1N1C(c2ccccc2)N(c2ccccc2)C(C(C)C)[C@@H]1C. The molecule has 3 atom stereocenters.